The van der Waals surface area contributed by atoms with Gasteiger partial charge in [0.2, 0.25) is 5.95 Å². The summed E-state index contributed by atoms with van der Waals surface area (Å²) >= 11 is 5.82. The van der Waals surface area contributed by atoms with Gasteiger partial charge >= 0.3 is 6.08 Å². The van der Waals surface area contributed by atoms with Gasteiger partial charge in [-0.25, -0.2) is 4.98 Å². The second-order valence-electron chi connectivity index (χ2n) is 3.32. The van der Waals surface area contributed by atoms with Gasteiger partial charge in [-0.15, -0.1) is 0 Å². The first-order valence-corrected chi connectivity index (χ1v) is 6.56. The summed E-state index contributed by atoms with van der Waals surface area (Å²) in [4.78, 5) is 9.82. The molecule has 0 saturated carbocycles. The molecule has 0 radical (unpaired) electrons. The van der Waals surface area contributed by atoms with Crippen LogP contribution in [0.1, 0.15) is 0 Å². The molecule has 100 valence electrons. The second kappa shape index (κ2) is 5.03. The van der Waals surface area contributed by atoms with Crippen LogP contribution in [-0.4, -0.2) is 27.9 Å². The molecule has 0 aliphatic carbocycles. The van der Waals surface area contributed by atoms with Gasteiger partial charge in [0, 0.05) is 0 Å². The van der Waals surface area contributed by atoms with Gasteiger partial charge in [-0.05, 0) is 18.2 Å². The Morgan fingerprint density at radius 2 is 2.05 bits per heavy atom. The van der Waals surface area contributed by atoms with E-state index in [0.717, 1.165) is 18.5 Å². The van der Waals surface area contributed by atoms with Crippen LogP contribution in [0.4, 0.5) is 16.0 Å². The van der Waals surface area contributed by atoms with Gasteiger partial charge < -0.3 is 5.32 Å². The number of rotatable bonds is 3. The van der Waals surface area contributed by atoms with E-state index in [1.165, 1.54) is 6.07 Å². The number of nitrogens with one attached hydrogen (secondary N) is 1. The number of hydrogen-bond donors (Lipinski definition) is 2. The SMILES string of the molecule is O=S(=O)(O)c1ccc(Nc2ncnc(F)n2)c(Cl)c1. The lowest BCUT2D eigenvalue weighted by atomic mass is 10.3. The summed E-state index contributed by atoms with van der Waals surface area (Å²) in [6.45, 7) is 0. The van der Waals surface area contributed by atoms with Crippen molar-refractivity contribution in [1.82, 2.24) is 15.0 Å². The van der Waals surface area contributed by atoms with Gasteiger partial charge in [-0.1, -0.05) is 11.6 Å². The van der Waals surface area contributed by atoms with Crippen LogP contribution in [0.3, 0.4) is 0 Å². The van der Waals surface area contributed by atoms with Gasteiger partial charge in [0.05, 0.1) is 15.6 Å². The van der Waals surface area contributed by atoms with Crippen LogP contribution in [0, 0.1) is 6.08 Å². The largest absolute Gasteiger partial charge is 0.323 e. The summed E-state index contributed by atoms with van der Waals surface area (Å²) in [5.74, 6) is -0.0889. The molecule has 1 aromatic carbocycles. The maximum absolute atomic E-state index is 12.7. The molecule has 0 unspecified atom stereocenters. The monoisotopic (exact) mass is 304 g/mol. The average molecular weight is 305 g/mol. The van der Waals surface area contributed by atoms with Crippen molar-refractivity contribution >= 4 is 33.4 Å². The molecule has 0 aliphatic heterocycles. The van der Waals surface area contributed by atoms with Crippen LogP contribution in [-0.2, 0) is 10.1 Å². The fourth-order valence-corrected chi connectivity index (χ4v) is 2.01. The second-order valence-corrected chi connectivity index (χ2v) is 5.15. The maximum atomic E-state index is 12.7. The number of aromatic nitrogens is 3. The molecular weight excluding hydrogens is 299 g/mol. The molecule has 0 fully saturated rings. The Hall–Kier alpha value is -1.84. The van der Waals surface area contributed by atoms with Crippen LogP contribution >= 0.6 is 11.6 Å². The third-order valence-corrected chi connectivity index (χ3v) is 3.19. The van der Waals surface area contributed by atoms with Crippen molar-refractivity contribution in [2.45, 2.75) is 4.90 Å². The summed E-state index contributed by atoms with van der Waals surface area (Å²) in [6, 6.07) is 3.45. The summed E-state index contributed by atoms with van der Waals surface area (Å²) in [5.41, 5.74) is 0.250. The highest BCUT2D eigenvalue weighted by Crippen LogP contribution is 2.26. The Morgan fingerprint density at radius 1 is 1.32 bits per heavy atom. The van der Waals surface area contributed by atoms with Gasteiger partial charge in [-0.2, -0.15) is 22.8 Å². The van der Waals surface area contributed by atoms with Crippen molar-refractivity contribution < 1.29 is 17.4 Å². The molecule has 2 aromatic rings. The predicted molar refractivity (Wildman–Crippen MR) is 64.3 cm³/mol. The first kappa shape index (κ1) is 13.6. The Bertz CT molecular complexity index is 725. The fraction of sp³-hybridized carbons (Fsp3) is 0. The molecule has 0 aliphatic rings. The number of benzene rings is 1. The number of nitrogens with zero attached hydrogens (tertiary/aromatic N) is 3. The van der Waals surface area contributed by atoms with Crippen LogP contribution in [0.25, 0.3) is 0 Å². The molecule has 19 heavy (non-hydrogen) atoms. The molecule has 0 saturated heterocycles. The zero-order chi connectivity index (χ0) is 14.0. The van der Waals surface area contributed by atoms with Gasteiger partial charge in [0.15, 0.2) is 0 Å². The minimum Gasteiger partial charge on any atom is -0.323 e. The van der Waals surface area contributed by atoms with E-state index in [4.69, 9.17) is 16.2 Å². The highest BCUT2D eigenvalue weighted by molar-refractivity contribution is 7.85. The van der Waals surface area contributed by atoms with Crippen LogP contribution in [0.15, 0.2) is 29.4 Å². The predicted octanol–water partition coefficient (Wildman–Crippen LogP) is 1.65. The molecule has 10 heteroatoms. The zero-order valence-electron chi connectivity index (χ0n) is 9.08. The summed E-state index contributed by atoms with van der Waals surface area (Å²) in [6.07, 6.45) is -0.00586. The first-order chi connectivity index (χ1) is 8.86. The van der Waals surface area contributed by atoms with Crippen LogP contribution < -0.4 is 5.32 Å². The molecule has 0 amide bonds. The minimum atomic E-state index is -4.34. The number of anilines is 2. The summed E-state index contributed by atoms with van der Waals surface area (Å²) in [7, 11) is -4.34. The topological polar surface area (TPSA) is 105 Å². The van der Waals surface area contributed by atoms with E-state index >= 15 is 0 Å². The third kappa shape index (κ3) is 3.34. The summed E-state index contributed by atoms with van der Waals surface area (Å²) < 4.78 is 43.4. The van der Waals surface area contributed by atoms with Gasteiger partial charge in [0.1, 0.15) is 6.33 Å². The molecule has 0 bridgehead atoms. The van der Waals surface area contributed by atoms with Crippen LogP contribution in [0.5, 0.6) is 0 Å². The standard InChI is InChI=1S/C9H6ClFN4O3S/c10-6-3-5(19(16,17)18)1-2-7(6)14-9-13-4-12-8(11)15-9/h1-4H,(H,16,17,18)(H,12,13,14,15). The quantitative estimate of drug-likeness (QED) is 0.831. The van der Waals surface area contributed by atoms with E-state index in [-0.39, 0.29) is 21.6 Å². The molecule has 1 aromatic heterocycles. The molecule has 0 spiro atoms. The van der Waals surface area contributed by atoms with Crippen LogP contribution in [0.2, 0.25) is 5.02 Å². The van der Waals surface area contributed by atoms with E-state index in [2.05, 4.69) is 20.3 Å². The van der Waals surface area contributed by atoms with Gasteiger partial charge in [0.25, 0.3) is 10.1 Å². The lowest BCUT2D eigenvalue weighted by Crippen LogP contribution is -2.02. The zero-order valence-corrected chi connectivity index (χ0v) is 10.7. The van der Waals surface area contributed by atoms with E-state index in [0.29, 0.717) is 0 Å². The molecular formula is C9H6ClFN4O3S. The van der Waals surface area contributed by atoms with Crippen molar-refractivity contribution in [1.29, 1.82) is 0 Å². The number of hydrogen-bond acceptors (Lipinski definition) is 6. The van der Waals surface area contributed by atoms with Crippen molar-refractivity contribution in [3.05, 3.63) is 35.6 Å². The number of halogens is 2. The third-order valence-electron chi connectivity index (χ3n) is 2.03. The first-order valence-electron chi connectivity index (χ1n) is 4.75. The van der Waals surface area contributed by atoms with Crippen molar-refractivity contribution in [2.24, 2.45) is 0 Å². The molecule has 1 heterocycles. The van der Waals surface area contributed by atoms with E-state index < -0.39 is 16.2 Å². The minimum absolute atomic E-state index is 0.00375. The Morgan fingerprint density at radius 3 is 2.63 bits per heavy atom. The van der Waals surface area contributed by atoms with Crippen molar-refractivity contribution in [3.63, 3.8) is 0 Å². The highest BCUT2D eigenvalue weighted by atomic mass is 35.5. The average Bonchev–Trinajstić information content (AvgIpc) is 2.30. The molecule has 7 nitrogen and oxygen atoms in total. The van der Waals surface area contributed by atoms with Crippen molar-refractivity contribution in [2.75, 3.05) is 5.32 Å². The van der Waals surface area contributed by atoms with Gasteiger partial charge in [-0.3, -0.25) is 4.55 Å². The Kier molecular flexibility index (Phi) is 3.60. The lowest BCUT2D eigenvalue weighted by Gasteiger charge is -2.07. The van der Waals surface area contributed by atoms with E-state index in [1.54, 1.807) is 0 Å². The normalized spacial score (nSPS) is 11.3. The molecule has 0 atom stereocenters. The maximum Gasteiger partial charge on any atom is 0.313 e. The Labute approximate surface area is 112 Å². The molecule has 2 N–H and O–H groups in total. The molecule has 2 rings (SSSR count). The van der Waals surface area contributed by atoms with E-state index in [1.807, 2.05) is 0 Å². The smallest absolute Gasteiger partial charge is 0.313 e. The fourth-order valence-electron chi connectivity index (χ4n) is 1.21. The lowest BCUT2D eigenvalue weighted by molar-refractivity contribution is 0.483. The highest BCUT2D eigenvalue weighted by Gasteiger charge is 2.12. The van der Waals surface area contributed by atoms with Crippen molar-refractivity contribution in [3.8, 4) is 0 Å². The summed E-state index contributed by atoms with van der Waals surface area (Å²) in [5, 5.41) is 2.58. The van der Waals surface area contributed by atoms with E-state index in [9.17, 15) is 12.8 Å². The Balaban J connectivity index is 2.32.